The topological polar surface area (TPSA) is 134 Å². The molecule has 1 aromatic carbocycles. The SMILES string of the molecule is C=CCCC(NC(=O)[C@@H]1C(C(C)C)CCN1C(=O)C(NC(=O)OCC1CC1)C1Cc2ccccc2C1)C(=O)C(=O)NCC=C. The number of nitrogens with one attached hydrogen (secondary N) is 3. The fourth-order valence-corrected chi connectivity index (χ4v) is 6.35. The molecule has 4 atom stereocenters. The van der Waals surface area contributed by atoms with Crippen LogP contribution in [0.5, 0.6) is 0 Å². The molecule has 0 bridgehead atoms. The maximum absolute atomic E-state index is 14.4. The Morgan fingerprint density at radius 3 is 2.27 bits per heavy atom. The minimum Gasteiger partial charge on any atom is -0.449 e. The number of amides is 4. The lowest BCUT2D eigenvalue weighted by atomic mass is 9.87. The highest BCUT2D eigenvalue weighted by Crippen LogP contribution is 2.35. The number of carbonyl (C=O) groups excluding carboxylic acids is 5. The standard InChI is InChI=1S/C34H46N4O6/c1-5-7-12-27(30(39)32(41)35-16-6-2)36-31(40)29-26(21(3)4)15-17-38(29)33(42)28(37-34(43)44-20-22-13-14-22)25-18-23-10-8-9-11-24(23)19-25/h5-6,8-11,21-22,25-29H,1-2,7,12-20H2,3-4H3,(H,35,41)(H,36,40)(H,37,43)/t26?,27?,28?,29-/m0/s1. The summed E-state index contributed by atoms with van der Waals surface area (Å²) >= 11 is 0. The van der Waals surface area contributed by atoms with E-state index in [2.05, 4.69) is 29.1 Å². The zero-order chi connectivity index (χ0) is 31.8. The largest absolute Gasteiger partial charge is 0.449 e. The van der Waals surface area contributed by atoms with E-state index in [1.807, 2.05) is 38.1 Å². The highest BCUT2D eigenvalue weighted by Gasteiger charge is 2.47. The number of hydrogen-bond donors (Lipinski definition) is 3. The fourth-order valence-electron chi connectivity index (χ4n) is 6.35. The molecule has 44 heavy (non-hydrogen) atoms. The van der Waals surface area contributed by atoms with Gasteiger partial charge in [0, 0.05) is 13.1 Å². The second kappa shape index (κ2) is 15.2. The van der Waals surface area contributed by atoms with Gasteiger partial charge >= 0.3 is 6.09 Å². The summed E-state index contributed by atoms with van der Waals surface area (Å²) in [4.78, 5) is 68.3. The van der Waals surface area contributed by atoms with Gasteiger partial charge in [-0.3, -0.25) is 19.2 Å². The fraction of sp³-hybridized carbons (Fsp3) is 0.559. The number of fused-ring (bicyclic) bond motifs is 1. The van der Waals surface area contributed by atoms with Crippen LogP contribution in [0.2, 0.25) is 0 Å². The minimum absolute atomic E-state index is 0.0624. The van der Waals surface area contributed by atoms with Gasteiger partial charge in [-0.2, -0.15) is 0 Å². The van der Waals surface area contributed by atoms with Gasteiger partial charge in [0.2, 0.25) is 17.6 Å². The van der Waals surface area contributed by atoms with Gasteiger partial charge < -0.3 is 25.6 Å². The number of Topliss-reactive ketones (excluding diaryl/α,β-unsaturated/α-hetero) is 1. The number of rotatable bonds is 15. The molecule has 10 heteroatoms. The molecular weight excluding hydrogens is 560 g/mol. The third-order valence-corrected chi connectivity index (χ3v) is 9.02. The van der Waals surface area contributed by atoms with Gasteiger partial charge in [-0.1, -0.05) is 50.3 Å². The first-order chi connectivity index (χ1) is 21.1. The number of alkyl carbamates (subject to hydrolysis) is 1. The molecule has 2 fully saturated rings. The molecule has 4 amide bonds. The van der Waals surface area contributed by atoms with Crippen molar-refractivity contribution >= 4 is 29.6 Å². The molecule has 1 aromatic rings. The van der Waals surface area contributed by atoms with Crippen molar-refractivity contribution in [2.75, 3.05) is 19.7 Å². The molecule has 4 rings (SSSR count). The summed E-state index contributed by atoms with van der Waals surface area (Å²) in [5.41, 5.74) is 2.27. The normalized spacial score (nSPS) is 20.8. The summed E-state index contributed by atoms with van der Waals surface area (Å²) in [6.07, 6.45) is 6.94. The Morgan fingerprint density at radius 2 is 1.68 bits per heavy atom. The summed E-state index contributed by atoms with van der Waals surface area (Å²) in [6.45, 7) is 12.0. The van der Waals surface area contributed by atoms with E-state index in [4.69, 9.17) is 4.74 Å². The van der Waals surface area contributed by atoms with Crippen LogP contribution < -0.4 is 16.0 Å². The van der Waals surface area contributed by atoms with Crippen molar-refractivity contribution in [3.05, 3.63) is 60.7 Å². The number of likely N-dealkylation sites (tertiary alicyclic amines) is 1. The summed E-state index contributed by atoms with van der Waals surface area (Å²) in [6, 6.07) is 5.16. The lowest BCUT2D eigenvalue weighted by molar-refractivity contribution is -0.144. The van der Waals surface area contributed by atoms with E-state index in [1.165, 1.54) is 6.08 Å². The molecule has 1 saturated carbocycles. The van der Waals surface area contributed by atoms with E-state index < -0.39 is 41.8 Å². The second-order valence-electron chi connectivity index (χ2n) is 12.6. The first kappa shape index (κ1) is 33.0. The molecule has 1 saturated heterocycles. The maximum Gasteiger partial charge on any atom is 0.407 e. The van der Waals surface area contributed by atoms with Crippen LogP contribution in [-0.2, 0) is 36.8 Å². The van der Waals surface area contributed by atoms with Gasteiger partial charge in [0.05, 0.1) is 12.6 Å². The molecule has 0 aromatic heterocycles. The maximum atomic E-state index is 14.4. The average molecular weight is 607 g/mol. The lowest BCUT2D eigenvalue weighted by Crippen LogP contribution is -2.59. The second-order valence-corrected chi connectivity index (χ2v) is 12.6. The van der Waals surface area contributed by atoms with Crippen molar-refractivity contribution in [1.29, 1.82) is 0 Å². The Bertz CT molecular complexity index is 1230. The van der Waals surface area contributed by atoms with Crippen LogP contribution in [0.3, 0.4) is 0 Å². The summed E-state index contributed by atoms with van der Waals surface area (Å²) < 4.78 is 5.46. The number of allylic oxidation sites excluding steroid dienone is 1. The van der Waals surface area contributed by atoms with E-state index in [0.29, 0.717) is 44.8 Å². The highest BCUT2D eigenvalue weighted by molar-refractivity contribution is 6.38. The first-order valence-corrected chi connectivity index (χ1v) is 15.8. The van der Waals surface area contributed by atoms with Gasteiger partial charge in [0.15, 0.2) is 0 Å². The monoisotopic (exact) mass is 606 g/mol. The van der Waals surface area contributed by atoms with Crippen LogP contribution in [0.4, 0.5) is 4.79 Å². The van der Waals surface area contributed by atoms with Crippen molar-refractivity contribution < 1.29 is 28.7 Å². The van der Waals surface area contributed by atoms with Gasteiger partial charge in [-0.25, -0.2) is 4.79 Å². The summed E-state index contributed by atoms with van der Waals surface area (Å²) in [7, 11) is 0. The van der Waals surface area contributed by atoms with Crippen molar-refractivity contribution in [2.45, 2.75) is 76.9 Å². The van der Waals surface area contributed by atoms with E-state index in [9.17, 15) is 24.0 Å². The molecule has 10 nitrogen and oxygen atoms in total. The molecule has 238 valence electrons. The van der Waals surface area contributed by atoms with Crippen LogP contribution in [-0.4, -0.2) is 72.3 Å². The van der Waals surface area contributed by atoms with Crippen molar-refractivity contribution in [3.8, 4) is 0 Å². The summed E-state index contributed by atoms with van der Waals surface area (Å²) in [5, 5.41) is 8.14. The van der Waals surface area contributed by atoms with Crippen molar-refractivity contribution in [1.82, 2.24) is 20.9 Å². The van der Waals surface area contributed by atoms with Gasteiger partial charge in [0.1, 0.15) is 12.1 Å². The van der Waals surface area contributed by atoms with E-state index in [0.717, 1.165) is 24.0 Å². The van der Waals surface area contributed by atoms with Gasteiger partial charge in [-0.05, 0) is 79.7 Å². The third-order valence-electron chi connectivity index (χ3n) is 9.02. The van der Waals surface area contributed by atoms with E-state index >= 15 is 0 Å². The Balaban J connectivity index is 1.56. The smallest absolute Gasteiger partial charge is 0.407 e. The van der Waals surface area contributed by atoms with Crippen molar-refractivity contribution in [3.63, 3.8) is 0 Å². The molecule has 3 unspecified atom stereocenters. The number of hydrogen-bond acceptors (Lipinski definition) is 6. The molecule has 0 radical (unpaired) electrons. The van der Waals surface area contributed by atoms with Gasteiger partial charge in [-0.15, -0.1) is 13.2 Å². The Kier molecular flexibility index (Phi) is 11.4. The number of ketones is 1. The first-order valence-electron chi connectivity index (χ1n) is 15.8. The Morgan fingerprint density at radius 1 is 1.00 bits per heavy atom. The van der Waals surface area contributed by atoms with Crippen LogP contribution in [0.1, 0.15) is 57.1 Å². The predicted octanol–water partition coefficient (Wildman–Crippen LogP) is 3.10. The molecule has 1 aliphatic heterocycles. The average Bonchev–Trinajstić information content (AvgIpc) is 3.56. The van der Waals surface area contributed by atoms with Crippen LogP contribution in [0, 0.1) is 23.7 Å². The van der Waals surface area contributed by atoms with Crippen LogP contribution >= 0.6 is 0 Å². The van der Waals surface area contributed by atoms with Crippen LogP contribution in [0.25, 0.3) is 0 Å². The van der Waals surface area contributed by atoms with E-state index in [1.54, 1.807) is 11.0 Å². The minimum atomic E-state index is -1.08. The zero-order valence-corrected chi connectivity index (χ0v) is 25.9. The number of carbonyl (C=O) groups is 5. The van der Waals surface area contributed by atoms with Gasteiger partial charge in [0.25, 0.3) is 5.91 Å². The summed E-state index contributed by atoms with van der Waals surface area (Å²) in [5.74, 6) is -2.34. The molecule has 3 aliphatic rings. The molecule has 3 N–H and O–H groups in total. The Labute approximate surface area is 260 Å². The highest BCUT2D eigenvalue weighted by atomic mass is 16.5. The van der Waals surface area contributed by atoms with Crippen molar-refractivity contribution in [2.24, 2.45) is 23.7 Å². The number of benzene rings is 1. The third kappa shape index (κ3) is 8.15. The quantitative estimate of drug-likeness (QED) is 0.208. The van der Waals surface area contributed by atoms with Crippen LogP contribution in [0.15, 0.2) is 49.6 Å². The lowest BCUT2D eigenvalue weighted by Gasteiger charge is -2.34. The van der Waals surface area contributed by atoms with E-state index in [-0.39, 0.29) is 36.6 Å². The molecular formula is C34H46N4O6. The Hall–Kier alpha value is -3.95. The number of ether oxygens (including phenoxy) is 1. The zero-order valence-electron chi connectivity index (χ0n) is 25.9. The molecule has 1 heterocycles. The molecule has 0 spiro atoms. The molecule has 2 aliphatic carbocycles. The number of nitrogens with zero attached hydrogens (tertiary/aromatic N) is 1. The predicted molar refractivity (Wildman–Crippen MR) is 166 cm³/mol.